The van der Waals surface area contributed by atoms with Gasteiger partial charge in [-0.2, -0.15) is 0 Å². The van der Waals surface area contributed by atoms with Crippen molar-refractivity contribution in [3.05, 3.63) is 65.7 Å². The van der Waals surface area contributed by atoms with Crippen LogP contribution in [0, 0.1) is 11.7 Å². The first-order valence-corrected chi connectivity index (χ1v) is 8.87. The SMILES string of the molecule is OCCCN1CCC(C(O)(c2ccc(F)cc2)c2ccccn2)CC1. The Balaban J connectivity index is 1.87. The summed E-state index contributed by atoms with van der Waals surface area (Å²) in [5.74, 6) is -0.302. The van der Waals surface area contributed by atoms with Gasteiger partial charge in [-0.1, -0.05) is 18.2 Å². The van der Waals surface area contributed by atoms with E-state index in [0.29, 0.717) is 11.3 Å². The molecule has 1 fully saturated rings. The van der Waals surface area contributed by atoms with E-state index in [1.54, 1.807) is 18.3 Å². The molecular weight excluding hydrogens is 319 g/mol. The van der Waals surface area contributed by atoms with Crippen molar-refractivity contribution >= 4 is 0 Å². The van der Waals surface area contributed by atoms with Gasteiger partial charge in [0.2, 0.25) is 0 Å². The highest BCUT2D eigenvalue weighted by Crippen LogP contribution is 2.41. The molecule has 1 saturated heterocycles. The van der Waals surface area contributed by atoms with Gasteiger partial charge in [0.15, 0.2) is 0 Å². The van der Waals surface area contributed by atoms with Crippen LogP contribution in [-0.2, 0) is 5.60 Å². The number of likely N-dealkylation sites (tertiary alicyclic amines) is 1. The molecular formula is C20H25FN2O2. The molecule has 1 aliphatic rings. The average Bonchev–Trinajstić information content (AvgIpc) is 2.67. The first-order chi connectivity index (χ1) is 12.1. The molecule has 1 aliphatic heterocycles. The standard InChI is InChI=1S/C20H25FN2O2/c21-18-7-5-16(6-8-18)20(25,19-4-1-2-11-22-19)17-9-13-23(14-10-17)12-3-15-24/h1-2,4-8,11,17,24-25H,3,9-10,12-15H2. The number of hydrogen-bond acceptors (Lipinski definition) is 4. The Labute approximate surface area is 148 Å². The van der Waals surface area contributed by atoms with Crippen molar-refractivity contribution in [2.75, 3.05) is 26.2 Å². The van der Waals surface area contributed by atoms with E-state index in [1.165, 1.54) is 12.1 Å². The summed E-state index contributed by atoms with van der Waals surface area (Å²) in [6, 6.07) is 11.6. The van der Waals surface area contributed by atoms with E-state index in [1.807, 2.05) is 18.2 Å². The first-order valence-electron chi connectivity index (χ1n) is 8.87. The van der Waals surface area contributed by atoms with Crippen LogP contribution in [-0.4, -0.2) is 46.3 Å². The van der Waals surface area contributed by atoms with E-state index < -0.39 is 5.60 Å². The van der Waals surface area contributed by atoms with Crippen LogP contribution in [0.1, 0.15) is 30.5 Å². The van der Waals surface area contributed by atoms with Crippen LogP contribution in [0.5, 0.6) is 0 Å². The molecule has 25 heavy (non-hydrogen) atoms. The Hall–Kier alpha value is -1.82. The highest BCUT2D eigenvalue weighted by molar-refractivity contribution is 5.33. The van der Waals surface area contributed by atoms with E-state index in [4.69, 9.17) is 5.11 Å². The van der Waals surface area contributed by atoms with Gasteiger partial charge in [-0.3, -0.25) is 4.98 Å². The zero-order valence-corrected chi connectivity index (χ0v) is 14.3. The van der Waals surface area contributed by atoms with Crippen molar-refractivity contribution < 1.29 is 14.6 Å². The molecule has 0 radical (unpaired) electrons. The second kappa shape index (κ2) is 8.04. The number of halogens is 1. The Morgan fingerprint density at radius 1 is 1.12 bits per heavy atom. The molecule has 134 valence electrons. The molecule has 5 heteroatoms. The van der Waals surface area contributed by atoms with Gasteiger partial charge in [0.1, 0.15) is 11.4 Å². The second-order valence-corrected chi connectivity index (χ2v) is 6.68. The quantitative estimate of drug-likeness (QED) is 0.846. The number of aromatic nitrogens is 1. The summed E-state index contributed by atoms with van der Waals surface area (Å²) in [7, 11) is 0. The summed E-state index contributed by atoms with van der Waals surface area (Å²) >= 11 is 0. The predicted octanol–water partition coefficient (Wildman–Crippen LogP) is 2.55. The molecule has 2 aromatic rings. The molecule has 2 heterocycles. The molecule has 4 nitrogen and oxygen atoms in total. The van der Waals surface area contributed by atoms with Gasteiger partial charge in [-0.25, -0.2) is 4.39 Å². The number of aliphatic hydroxyl groups excluding tert-OH is 1. The summed E-state index contributed by atoms with van der Waals surface area (Å²) in [6.07, 6.45) is 4.11. The molecule has 3 rings (SSSR count). The monoisotopic (exact) mass is 344 g/mol. The first kappa shape index (κ1) is 18.0. The fourth-order valence-electron chi connectivity index (χ4n) is 3.75. The van der Waals surface area contributed by atoms with E-state index in [-0.39, 0.29) is 18.3 Å². The fraction of sp³-hybridized carbons (Fsp3) is 0.450. The summed E-state index contributed by atoms with van der Waals surface area (Å²) in [5.41, 5.74) is 0.0645. The van der Waals surface area contributed by atoms with Crippen molar-refractivity contribution in [3.63, 3.8) is 0 Å². The fourth-order valence-corrected chi connectivity index (χ4v) is 3.75. The van der Waals surface area contributed by atoms with Gasteiger partial charge in [0.05, 0.1) is 5.69 Å². The van der Waals surface area contributed by atoms with E-state index >= 15 is 0 Å². The molecule has 0 saturated carbocycles. The zero-order valence-electron chi connectivity index (χ0n) is 14.3. The second-order valence-electron chi connectivity index (χ2n) is 6.68. The van der Waals surface area contributed by atoms with Crippen LogP contribution < -0.4 is 0 Å². The normalized spacial score (nSPS) is 18.8. The summed E-state index contributed by atoms with van der Waals surface area (Å²) in [4.78, 5) is 6.72. The maximum atomic E-state index is 13.4. The molecule has 0 spiro atoms. The summed E-state index contributed by atoms with van der Waals surface area (Å²) < 4.78 is 13.4. The lowest BCUT2D eigenvalue weighted by molar-refractivity contribution is -0.0180. The van der Waals surface area contributed by atoms with E-state index in [2.05, 4.69) is 9.88 Å². The molecule has 1 unspecified atom stereocenters. The molecule has 1 aromatic heterocycles. The molecule has 0 bridgehead atoms. The maximum absolute atomic E-state index is 13.4. The highest BCUT2D eigenvalue weighted by Gasteiger charge is 2.42. The molecule has 1 aromatic carbocycles. The third kappa shape index (κ3) is 3.89. The van der Waals surface area contributed by atoms with Gasteiger partial charge >= 0.3 is 0 Å². The molecule has 0 aliphatic carbocycles. The number of nitrogens with zero attached hydrogens (tertiary/aromatic N) is 2. The zero-order chi connectivity index (χ0) is 17.7. The number of benzene rings is 1. The number of pyridine rings is 1. The minimum Gasteiger partial charge on any atom is -0.396 e. The Morgan fingerprint density at radius 3 is 2.44 bits per heavy atom. The van der Waals surface area contributed by atoms with Crippen molar-refractivity contribution in [2.45, 2.75) is 24.9 Å². The van der Waals surface area contributed by atoms with Crippen molar-refractivity contribution in [2.24, 2.45) is 5.92 Å². The number of piperidine rings is 1. The predicted molar refractivity (Wildman–Crippen MR) is 94.5 cm³/mol. The Kier molecular flexibility index (Phi) is 5.78. The van der Waals surface area contributed by atoms with E-state index in [9.17, 15) is 9.50 Å². The van der Waals surface area contributed by atoms with Crippen LogP contribution in [0.2, 0.25) is 0 Å². The largest absolute Gasteiger partial charge is 0.396 e. The van der Waals surface area contributed by atoms with Crippen molar-refractivity contribution in [1.29, 1.82) is 0 Å². The lowest BCUT2D eigenvalue weighted by atomic mass is 9.74. The minimum atomic E-state index is -1.22. The number of aliphatic hydroxyl groups is 2. The molecule has 2 N–H and O–H groups in total. The molecule has 0 amide bonds. The van der Waals surface area contributed by atoms with Gasteiger partial charge < -0.3 is 15.1 Å². The van der Waals surface area contributed by atoms with Gasteiger partial charge in [0, 0.05) is 25.3 Å². The number of rotatable bonds is 6. The van der Waals surface area contributed by atoms with Crippen molar-refractivity contribution in [3.8, 4) is 0 Å². The third-order valence-electron chi connectivity index (χ3n) is 5.15. The summed E-state index contributed by atoms with van der Waals surface area (Å²) in [6.45, 7) is 2.83. The highest BCUT2D eigenvalue weighted by atomic mass is 19.1. The minimum absolute atomic E-state index is 0.0123. The third-order valence-corrected chi connectivity index (χ3v) is 5.15. The summed E-state index contributed by atoms with van der Waals surface area (Å²) in [5, 5.41) is 20.7. The van der Waals surface area contributed by atoms with Crippen LogP contribution >= 0.6 is 0 Å². The Morgan fingerprint density at radius 2 is 1.84 bits per heavy atom. The molecule has 1 atom stereocenters. The van der Waals surface area contributed by atoms with Crippen molar-refractivity contribution in [1.82, 2.24) is 9.88 Å². The van der Waals surface area contributed by atoms with Crippen LogP contribution in [0.4, 0.5) is 4.39 Å². The van der Waals surface area contributed by atoms with Gasteiger partial charge in [-0.15, -0.1) is 0 Å². The lowest BCUT2D eigenvalue weighted by Crippen LogP contribution is -2.45. The van der Waals surface area contributed by atoms with Crippen LogP contribution in [0.3, 0.4) is 0 Å². The van der Waals surface area contributed by atoms with Gasteiger partial charge in [-0.05, 0) is 62.2 Å². The average molecular weight is 344 g/mol. The topological polar surface area (TPSA) is 56.6 Å². The van der Waals surface area contributed by atoms with Gasteiger partial charge in [0.25, 0.3) is 0 Å². The van der Waals surface area contributed by atoms with E-state index in [0.717, 1.165) is 38.9 Å². The maximum Gasteiger partial charge on any atom is 0.134 e. The Bertz CT molecular complexity index is 657. The van der Waals surface area contributed by atoms with Crippen LogP contribution in [0.15, 0.2) is 48.7 Å². The smallest absolute Gasteiger partial charge is 0.134 e. The van der Waals surface area contributed by atoms with Crippen LogP contribution in [0.25, 0.3) is 0 Å². The number of hydrogen-bond donors (Lipinski definition) is 2. The lowest BCUT2D eigenvalue weighted by Gasteiger charge is -2.41.